The summed E-state index contributed by atoms with van der Waals surface area (Å²) in [6.07, 6.45) is -8.75. The van der Waals surface area contributed by atoms with Gasteiger partial charge < -0.3 is 24.4 Å². The van der Waals surface area contributed by atoms with E-state index in [0.717, 1.165) is 6.92 Å². The molecule has 0 saturated carbocycles. The molecule has 0 radical (unpaired) electrons. The molecule has 0 aliphatic carbocycles. The maximum absolute atomic E-state index is 13.4. The maximum Gasteiger partial charge on any atom is 0.426 e. The molecule has 3 N–H and O–H groups in total. The van der Waals surface area contributed by atoms with Crippen LogP contribution in [0.25, 0.3) is 0 Å². The van der Waals surface area contributed by atoms with Gasteiger partial charge >= 0.3 is 24.1 Å². The van der Waals surface area contributed by atoms with Crippen LogP contribution in [0.3, 0.4) is 0 Å². The molecule has 2 aromatic carbocycles. The highest BCUT2D eigenvalue weighted by Gasteiger charge is 2.49. The smallest absolute Gasteiger partial charge is 0.426 e. The van der Waals surface area contributed by atoms with Crippen molar-refractivity contribution in [1.82, 2.24) is 0 Å². The van der Waals surface area contributed by atoms with Gasteiger partial charge in [-0.25, -0.2) is 9.59 Å². The molecule has 41 heavy (non-hydrogen) atoms. The quantitative estimate of drug-likeness (QED) is 0.204. The molecule has 11 nitrogen and oxygen atoms in total. The van der Waals surface area contributed by atoms with Crippen LogP contribution < -0.4 is 0 Å². The molecule has 15 heteroatoms. The van der Waals surface area contributed by atoms with Crippen molar-refractivity contribution in [1.29, 1.82) is 0 Å². The molecule has 0 amide bonds. The fourth-order valence-corrected chi connectivity index (χ4v) is 4.16. The van der Waals surface area contributed by atoms with Crippen LogP contribution >= 0.6 is 0 Å². The van der Waals surface area contributed by atoms with Crippen molar-refractivity contribution >= 4 is 28.0 Å². The second kappa shape index (κ2) is 12.3. The Morgan fingerprint density at radius 1 is 0.805 bits per heavy atom. The van der Waals surface area contributed by atoms with Crippen molar-refractivity contribution < 1.29 is 64.9 Å². The molecule has 1 unspecified atom stereocenters. The number of phenols is 2. The fraction of sp³-hybridized carbons (Fsp3) is 0.423. The van der Waals surface area contributed by atoms with Gasteiger partial charge in [0.2, 0.25) is 6.10 Å². The van der Waals surface area contributed by atoms with Crippen LogP contribution in [0.4, 0.5) is 13.2 Å². The summed E-state index contributed by atoms with van der Waals surface area (Å²) in [7, 11) is -5.27. The molecule has 226 valence electrons. The van der Waals surface area contributed by atoms with Crippen LogP contribution in [0, 0.1) is 33.1 Å². The molecule has 0 aliphatic rings. The summed E-state index contributed by atoms with van der Waals surface area (Å²) in [5, 5.41) is 20.6. The minimum atomic E-state index is -5.44. The first-order chi connectivity index (χ1) is 18.7. The Hall–Kier alpha value is -3.85. The van der Waals surface area contributed by atoms with Crippen molar-refractivity contribution in [3.05, 3.63) is 57.6 Å². The van der Waals surface area contributed by atoms with Crippen molar-refractivity contribution in [3.8, 4) is 11.5 Å². The Bertz CT molecular complexity index is 1380. The minimum Gasteiger partial charge on any atom is -0.507 e. The molecule has 0 saturated heterocycles. The molecule has 0 bridgehead atoms. The average Bonchev–Trinajstić information content (AvgIpc) is 2.84. The maximum atomic E-state index is 13.4. The zero-order valence-electron chi connectivity index (χ0n) is 22.7. The number of halogens is 3. The van der Waals surface area contributed by atoms with Crippen LogP contribution in [-0.4, -0.2) is 72.3 Å². The van der Waals surface area contributed by atoms with Gasteiger partial charge in [0.1, 0.15) is 47.0 Å². The lowest BCUT2D eigenvalue weighted by atomic mass is 9.92. The van der Waals surface area contributed by atoms with Gasteiger partial charge in [-0.1, -0.05) is 24.3 Å². The summed E-state index contributed by atoms with van der Waals surface area (Å²) in [5.41, 5.74) is -1.83. The number of aryl methyl sites for hydroxylation is 4. The normalized spacial score (nSPS) is 12.9. The van der Waals surface area contributed by atoms with E-state index in [1.165, 1.54) is 52.0 Å². The Balaban J connectivity index is 2.42. The molecular formula is C26H29F3O11S. The third-order valence-electron chi connectivity index (χ3n) is 6.10. The summed E-state index contributed by atoms with van der Waals surface area (Å²) in [5.74, 6) is -7.05. The van der Waals surface area contributed by atoms with Crippen LogP contribution in [0.2, 0.25) is 0 Å². The van der Waals surface area contributed by atoms with Gasteiger partial charge in [0.05, 0.1) is 0 Å². The summed E-state index contributed by atoms with van der Waals surface area (Å²) < 4.78 is 86.1. The largest absolute Gasteiger partial charge is 0.507 e. The van der Waals surface area contributed by atoms with E-state index in [1.54, 1.807) is 0 Å². The Kier molecular flexibility index (Phi) is 10.0. The molecule has 2 aromatic rings. The fourth-order valence-electron chi connectivity index (χ4n) is 3.52. The van der Waals surface area contributed by atoms with Gasteiger partial charge in [0.15, 0.2) is 0 Å². The van der Waals surface area contributed by atoms with Gasteiger partial charge in [-0.3, -0.25) is 9.35 Å². The number of carbonyl (C=O) groups is 3. The Morgan fingerprint density at radius 2 is 1.17 bits per heavy atom. The first-order valence-corrected chi connectivity index (χ1v) is 13.4. The molecule has 0 spiro atoms. The lowest BCUT2D eigenvalue weighted by molar-refractivity contribution is -0.222. The molecule has 0 fully saturated rings. The molecular weight excluding hydrogens is 577 g/mol. The van der Waals surface area contributed by atoms with Crippen molar-refractivity contribution in [2.75, 3.05) is 19.0 Å². The topological polar surface area (TPSA) is 174 Å². The number of esters is 3. The third-order valence-corrected chi connectivity index (χ3v) is 6.82. The highest BCUT2D eigenvalue weighted by Crippen LogP contribution is 2.32. The number of aromatic hydroxyl groups is 2. The average molecular weight is 607 g/mol. The zero-order valence-corrected chi connectivity index (χ0v) is 23.5. The van der Waals surface area contributed by atoms with E-state index in [9.17, 15) is 46.2 Å². The first kappa shape index (κ1) is 33.4. The van der Waals surface area contributed by atoms with Gasteiger partial charge in [-0.2, -0.15) is 21.6 Å². The lowest BCUT2D eigenvalue weighted by Gasteiger charge is -2.29. The van der Waals surface area contributed by atoms with E-state index in [0.29, 0.717) is 11.1 Å². The molecule has 2 rings (SSSR count). The summed E-state index contributed by atoms with van der Waals surface area (Å²) in [4.78, 5) is 38.6. The summed E-state index contributed by atoms with van der Waals surface area (Å²) >= 11 is 0. The van der Waals surface area contributed by atoms with E-state index in [1.807, 2.05) is 0 Å². The lowest BCUT2D eigenvalue weighted by Crippen LogP contribution is -2.46. The number of benzene rings is 2. The number of phenolic OH excluding ortho intramolecular Hbond substituents is 2. The van der Waals surface area contributed by atoms with Gasteiger partial charge in [0, 0.05) is 0 Å². The SMILES string of the molecule is Cc1ccc(C)c(C(=O)OCC(C)(COC(=O)c2c(C)ccc(C)c2O)C(=O)OC(CS(=O)(=O)O)C(F)(F)F)c1O. The Labute approximate surface area is 233 Å². The van der Waals surface area contributed by atoms with E-state index in [-0.39, 0.29) is 22.3 Å². The first-order valence-electron chi connectivity index (χ1n) is 11.8. The van der Waals surface area contributed by atoms with E-state index < -0.39 is 76.2 Å². The van der Waals surface area contributed by atoms with E-state index >= 15 is 0 Å². The third kappa shape index (κ3) is 8.33. The summed E-state index contributed by atoms with van der Waals surface area (Å²) in [6, 6.07) is 6.00. The van der Waals surface area contributed by atoms with Gasteiger partial charge in [-0.05, 0) is 56.9 Å². The summed E-state index contributed by atoms with van der Waals surface area (Å²) in [6.45, 7) is 4.71. The molecule has 1 atom stereocenters. The minimum absolute atomic E-state index is 0.268. The standard InChI is InChI=1S/C26H29F3O11S/c1-13-6-8-15(3)20(30)18(13)22(32)38-11-25(5,24(34)40-17(26(27,28)29)10-41(35,36)37)12-39-23(33)19-14(2)7-9-16(4)21(19)31/h6-9,17,30-31H,10-12H2,1-5H3,(H,35,36,37). The van der Waals surface area contributed by atoms with E-state index in [2.05, 4.69) is 4.74 Å². The van der Waals surface area contributed by atoms with Crippen LogP contribution in [0.15, 0.2) is 24.3 Å². The van der Waals surface area contributed by atoms with Crippen molar-refractivity contribution in [2.24, 2.45) is 5.41 Å². The number of carbonyl (C=O) groups excluding carboxylic acids is 3. The number of hydrogen-bond donors (Lipinski definition) is 3. The zero-order chi connectivity index (χ0) is 31.5. The number of alkyl halides is 3. The van der Waals surface area contributed by atoms with Gasteiger partial charge in [-0.15, -0.1) is 0 Å². The molecule has 0 aliphatic heterocycles. The second-order valence-corrected chi connectivity index (χ2v) is 11.2. The monoisotopic (exact) mass is 606 g/mol. The second-order valence-electron chi connectivity index (χ2n) is 9.74. The highest BCUT2D eigenvalue weighted by molar-refractivity contribution is 7.85. The van der Waals surface area contributed by atoms with Gasteiger partial charge in [0.25, 0.3) is 10.1 Å². The van der Waals surface area contributed by atoms with Crippen molar-refractivity contribution in [2.45, 2.75) is 46.9 Å². The number of rotatable bonds is 10. The van der Waals surface area contributed by atoms with Crippen molar-refractivity contribution in [3.63, 3.8) is 0 Å². The Morgan fingerprint density at radius 3 is 1.51 bits per heavy atom. The van der Waals surface area contributed by atoms with E-state index in [4.69, 9.17) is 14.0 Å². The van der Waals surface area contributed by atoms with Crippen LogP contribution in [0.1, 0.15) is 49.9 Å². The van der Waals surface area contributed by atoms with Crippen LogP contribution in [-0.2, 0) is 29.1 Å². The predicted molar refractivity (Wildman–Crippen MR) is 136 cm³/mol. The number of ether oxygens (including phenoxy) is 3. The number of hydrogen-bond acceptors (Lipinski definition) is 10. The molecule has 0 heterocycles. The molecule has 0 aromatic heterocycles. The highest BCUT2D eigenvalue weighted by atomic mass is 32.2. The predicted octanol–water partition coefficient (Wildman–Crippen LogP) is 3.71. The van der Waals surface area contributed by atoms with Crippen LogP contribution in [0.5, 0.6) is 11.5 Å².